The molecule has 0 spiro atoms. The first-order chi connectivity index (χ1) is 12.9. The monoisotopic (exact) mass is 385 g/mol. The highest BCUT2D eigenvalue weighted by Gasteiger charge is 2.22. The zero-order valence-electron chi connectivity index (χ0n) is 15.8. The van der Waals surface area contributed by atoms with E-state index in [0.29, 0.717) is 24.1 Å². The molecule has 142 valence electrons. The Bertz CT molecular complexity index is 930. The number of benzene rings is 1. The van der Waals surface area contributed by atoms with Crippen LogP contribution in [0.25, 0.3) is 5.57 Å². The van der Waals surface area contributed by atoms with Crippen LogP contribution in [0, 0.1) is 19.7 Å². The highest BCUT2D eigenvalue weighted by molar-refractivity contribution is 7.11. The Morgan fingerprint density at radius 3 is 2.78 bits per heavy atom. The lowest BCUT2D eigenvalue weighted by atomic mass is 10.0. The van der Waals surface area contributed by atoms with Crippen molar-refractivity contribution in [2.75, 3.05) is 6.54 Å². The lowest BCUT2D eigenvalue weighted by Crippen LogP contribution is -2.34. The van der Waals surface area contributed by atoms with Gasteiger partial charge in [-0.2, -0.15) is 0 Å². The van der Waals surface area contributed by atoms with Gasteiger partial charge in [-0.15, -0.1) is 11.3 Å². The first kappa shape index (κ1) is 19.5. The number of thiazole rings is 1. The van der Waals surface area contributed by atoms with Gasteiger partial charge >= 0.3 is 0 Å². The summed E-state index contributed by atoms with van der Waals surface area (Å²) in [4.78, 5) is 18.5. The summed E-state index contributed by atoms with van der Waals surface area (Å²) < 4.78 is 13.8. The molecular weight excluding hydrogens is 361 g/mol. The molecule has 1 unspecified atom stereocenters. The molecule has 1 heterocycles. The van der Waals surface area contributed by atoms with E-state index in [4.69, 9.17) is 5.73 Å². The van der Waals surface area contributed by atoms with Gasteiger partial charge in [0.25, 0.3) is 0 Å². The quantitative estimate of drug-likeness (QED) is 0.790. The number of halogens is 1. The van der Waals surface area contributed by atoms with E-state index in [9.17, 15) is 9.18 Å². The van der Waals surface area contributed by atoms with Crippen LogP contribution in [0.5, 0.6) is 0 Å². The molecule has 1 atom stereocenters. The lowest BCUT2D eigenvalue weighted by molar-refractivity contribution is -0.118. The van der Waals surface area contributed by atoms with Gasteiger partial charge in [0.1, 0.15) is 10.8 Å². The van der Waals surface area contributed by atoms with Crippen LogP contribution in [0.3, 0.4) is 0 Å². The Hall–Kier alpha value is -2.31. The van der Waals surface area contributed by atoms with E-state index in [0.717, 1.165) is 28.3 Å². The molecule has 1 aromatic heterocycles. The summed E-state index contributed by atoms with van der Waals surface area (Å²) in [6, 6.07) is 4.85. The Kier molecular flexibility index (Phi) is 5.87. The highest BCUT2D eigenvalue weighted by atomic mass is 32.1. The third kappa shape index (κ3) is 4.17. The van der Waals surface area contributed by atoms with Crippen molar-refractivity contribution in [3.05, 3.63) is 68.4 Å². The minimum atomic E-state index is -0.303. The van der Waals surface area contributed by atoms with E-state index < -0.39 is 0 Å². The fourth-order valence-electron chi connectivity index (χ4n) is 3.07. The summed E-state index contributed by atoms with van der Waals surface area (Å²) in [6.07, 6.45) is 5.06. The molecule has 2 aromatic rings. The molecule has 1 amide bonds. The van der Waals surface area contributed by atoms with Crippen LogP contribution in [-0.2, 0) is 11.2 Å². The van der Waals surface area contributed by atoms with Gasteiger partial charge in [-0.25, -0.2) is 9.37 Å². The average Bonchev–Trinajstić information content (AvgIpc) is 3.28. The number of rotatable bonds is 6. The molecule has 0 aliphatic heterocycles. The van der Waals surface area contributed by atoms with Crippen LogP contribution < -0.4 is 11.1 Å². The Morgan fingerprint density at radius 2 is 2.15 bits per heavy atom. The zero-order chi connectivity index (χ0) is 19.6. The van der Waals surface area contributed by atoms with Gasteiger partial charge in [-0.1, -0.05) is 31.2 Å². The molecule has 3 rings (SSSR count). The number of amides is 1. The van der Waals surface area contributed by atoms with Gasteiger partial charge in [0.2, 0.25) is 5.91 Å². The van der Waals surface area contributed by atoms with Crippen molar-refractivity contribution in [2.24, 2.45) is 5.73 Å². The Morgan fingerprint density at radius 1 is 1.37 bits per heavy atom. The maximum atomic E-state index is 13.8. The lowest BCUT2D eigenvalue weighted by Gasteiger charge is -2.15. The van der Waals surface area contributed by atoms with Crippen molar-refractivity contribution in [3.63, 3.8) is 0 Å². The number of allylic oxidation sites excluding steroid dienone is 3. The molecule has 1 aromatic carbocycles. The number of aromatic nitrogens is 1. The van der Waals surface area contributed by atoms with E-state index in [1.807, 2.05) is 19.1 Å². The van der Waals surface area contributed by atoms with Crippen LogP contribution in [0.1, 0.15) is 46.1 Å². The summed E-state index contributed by atoms with van der Waals surface area (Å²) in [5.74, 6) is -0.393. The molecule has 27 heavy (non-hydrogen) atoms. The molecule has 0 saturated heterocycles. The van der Waals surface area contributed by atoms with Gasteiger partial charge in [0, 0.05) is 23.4 Å². The number of hydrogen-bond donors (Lipinski definition) is 2. The second kappa shape index (κ2) is 8.15. The summed E-state index contributed by atoms with van der Waals surface area (Å²) in [6.45, 7) is 6.09. The topological polar surface area (TPSA) is 68.0 Å². The molecule has 1 aliphatic rings. The van der Waals surface area contributed by atoms with Crippen molar-refractivity contribution in [1.82, 2.24) is 10.3 Å². The Labute approximate surface area is 163 Å². The molecule has 6 heteroatoms. The molecule has 3 N–H and O–H groups in total. The molecule has 0 fully saturated rings. The first-order valence-electron chi connectivity index (χ1n) is 9.06. The van der Waals surface area contributed by atoms with Crippen molar-refractivity contribution >= 4 is 22.8 Å². The van der Waals surface area contributed by atoms with Crippen LogP contribution in [0.15, 0.2) is 35.9 Å². The number of hydrogen-bond acceptors (Lipinski definition) is 4. The zero-order valence-corrected chi connectivity index (χ0v) is 16.6. The van der Waals surface area contributed by atoms with Gasteiger partial charge in [0.05, 0.1) is 11.7 Å². The number of aryl methyl sites for hydroxylation is 3. The summed E-state index contributed by atoms with van der Waals surface area (Å²) >= 11 is 1.60. The van der Waals surface area contributed by atoms with E-state index in [1.165, 1.54) is 10.9 Å². The minimum Gasteiger partial charge on any atom is -0.342 e. The van der Waals surface area contributed by atoms with Crippen molar-refractivity contribution in [1.29, 1.82) is 0 Å². The van der Waals surface area contributed by atoms with Crippen molar-refractivity contribution < 1.29 is 9.18 Å². The fraction of sp³-hybridized carbons (Fsp3) is 0.333. The van der Waals surface area contributed by atoms with Gasteiger partial charge in [-0.3, -0.25) is 4.79 Å². The van der Waals surface area contributed by atoms with Crippen molar-refractivity contribution in [2.45, 2.75) is 39.7 Å². The van der Waals surface area contributed by atoms with Crippen LogP contribution in [-0.4, -0.2) is 17.4 Å². The maximum Gasteiger partial charge on any atom is 0.248 e. The van der Waals surface area contributed by atoms with Crippen LogP contribution >= 0.6 is 11.3 Å². The number of carbonyl (C=O) groups is 1. The highest BCUT2D eigenvalue weighted by Crippen LogP contribution is 2.30. The van der Waals surface area contributed by atoms with Gasteiger partial charge in [0.15, 0.2) is 0 Å². The van der Waals surface area contributed by atoms with Crippen molar-refractivity contribution in [3.8, 4) is 0 Å². The van der Waals surface area contributed by atoms with E-state index >= 15 is 0 Å². The number of nitrogens with zero attached hydrogens (tertiary/aromatic N) is 1. The predicted octanol–water partition coefficient (Wildman–Crippen LogP) is 3.99. The molecule has 0 radical (unpaired) electrons. The number of nitrogens with two attached hydrogens (primary N) is 1. The maximum absolute atomic E-state index is 13.8. The Balaban J connectivity index is 1.67. The van der Waals surface area contributed by atoms with Gasteiger partial charge < -0.3 is 11.1 Å². The van der Waals surface area contributed by atoms with Crippen LogP contribution in [0.4, 0.5) is 4.39 Å². The normalized spacial score (nSPS) is 14.7. The summed E-state index contributed by atoms with van der Waals surface area (Å²) in [5.41, 5.74) is 9.87. The third-order valence-corrected chi connectivity index (χ3v) is 6.19. The smallest absolute Gasteiger partial charge is 0.248 e. The van der Waals surface area contributed by atoms with Crippen LogP contribution in [0.2, 0.25) is 0 Å². The SMILES string of the molecule is CCc1sc(C(CN)NC(=O)C2=CC=C(c3ccc(C)c(F)c3)C2)nc1C. The number of nitrogens with one attached hydrogen (secondary N) is 1. The largest absolute Gasteiger partial charge is 0.342 e. The third-order valence-electron chi connectivity index (χ3n) is 4.77. The molecule has 4 nitrogen and oxygen atoms in total. The van der Waals surface area contributed by atoms with E-state index in [-0.39, 0.29) is 17.8 Å². The number of carbonyl (C=O) groups excluding carboxylic acids is 1. The molecule has 0 saturated carbocycles. The molecule has 0 bridgehead atoms. The van der Waals surface area contributed by atoms with Gasteiger partial charge in [-0.05, 0) is 43.0 Å². The second-order valence-corrected chi connectivity index (χ2v) is 7.82. The standard InChI is InChI=1S/C21H24FN3OS/c1-4-19-13(3)24-21(27-19)18(11-23)25-20(26)16-8-7-14(9-16)15-6-5-12(2)17(22)10-15/h5-8,10,18H,4,9,11,23H2,1-3H3,(H,25,26). The second-order valence-electron chi connectivity index (χ2n) is 6.70. The molecule has 1 aliphatic carbocycles. The predicted molar refractivity (Wildman–Crippen MR) is 108 cm³/mol. The van der Waals surface area contributed by atoms with E-state index in [2.05, 4.69) is 17.2 Å². The molecular formula is C21H24FN3OS. The minimum absolute atomic E-state index is 0.157. The van der Waals surface area contributed by atoms with E-state index in [1.54, 1.807) is 30.4 Å². The average molecular weight is 386 g/mol. The summed E-state index contributed by atoms with van der Waals surface area (Å²) in [5, 5.41) is 3.83. The fourth-order valence-corrected chi connectivity index (χ4v) is 4.14. The summed E-state index contributed by atoms with van der Waals surface area (Å²) in [7, 11) is 0. The first-order valence-corrected chi connectivity index (χ1v) is 9.88.